The Labute approximate surface area is 128 Å². The van der Waals surface area contributed by atoms with E-state index in [9.17, 15) is 4.79 Å². The molecule has 2 aromatic carbocycles. The van der Waals surface area contributed by atoms with Crippen molar-refractivity contribution in [3.8, 4) is 0 Å². The Morgan fingerprint density at radius 2 is 1.80 bits per heavy atom. The van der Waals surface area contributed by atoms with Crippen molar-refractivity contribution in [2.24, 2.45) is 0 Å². The van der Waals surface area contributed by atoms with Gasteiger partial charge >= 0.3 is 0 Å². The average molecular weight is 332 g/mol. The summed E-state index contributed by atoms with van der Waals surface area (Å²) < 4.78 is 0.811. The van der Waals surface area contributed by atoms with Crippen molar-refractivity contribution in [3.63, 3.8) is 0 Å². The highest BCUT2D eigenvalue weighted by Gasteiger charge is 2.13. The molecule has 2 aromatic rings. The van der Waals surface area contributed by atoms with Gasteiger partial charge in [-0.05, 0) is 52.5 Å². The number of halogens is 1. The van der Waals surface area contributed by atoms with E-state index < -0.39 is 0 Å². The molecule has 2 rings (SSSR count). The van der Waals surface area contributed by atoms with Gasteiger partial charge in [0.05, 0.1) is 11.6 Å². The zero-order chi connectivity index (χ0) is 14.5. The molecule has 1 N–H and O–H groups in total. The van der Waals surface area contributed by atoms with Gasteiger partial charge in [-0.15, -0.1) is 0 Å². The minimum Gasteiger partial charge on any atom is -0.345 e. The van der Waals surface area contributed by atoms with E-state index in [4.69, 9.17) is 0 Å². The molecule has 0 radical (unpaired) electrons. The van der Waals surface area contributed by atoms with Crippen LogP contribution in [0.2, 0.25) is 0 Å². The Kier molecular flexibility index (Phi) is 4.96. The van der Waals surface area contributed by atoms with Crippen molar-refractivity contribution in [2.45, 2.75) is 26.3 Å². The summed E-state index contributed by atoms with van der Waals surface area (Å²) in [4.78, 5) is 12.2. The van der Waals surface area contributed by atoms with Gasteiger partial charge in [-0.25, -0.2) is 0 Å². The number of benzene rings is 2. The fourth-order valence-electron chi connectivity index (χ4n) is 2.05. The molecule has 1 amide bonds. The molecule has 3 heteroatoms. The van der Waals surface area contributed by atoms with Crippen LogP contribution >= 0.6 is 15.9 Å². The van der Waals surface area contributed by atoms with Crippen LogP contribution in [-0.2, 0) is 6.42 Å². The van der Waals surface area contributed by atoms with Crippen LogP contribution in [0, 0.1) is 0 Å². The van der Waals surface area contributed by atoms with Gasteiger partial charge < -0.3 is 5.32 Å². The number of nitrogens with one attached hydrogen (secondary N) is 1. The Balaban J connectivity index is 2.09. The van der Waals surface area contributed by atoms with Crippen molar-refractivity contribution in [1.82, 2.24) is 5.32 Å². The van der Waals surface area contributed by atoms with Crippen LogP contribution < -0.4 is 5.32 Å². The van der Waals surface area contributed by atoms with E-state index in [1.54, 1.807) is 0 Å². The minimum absolute atomic E-state index is 0.0134. The SMILES string of the molecule is CCc1ccc([C@@H](C)NC(=O)c2ccccc2Br)cc1. The largest absolute Gasteiger partial charge is 0.345 e. The Morgan fingerprint density at radius 1 is 1.15 bits per heavy atom. The topological polar surface area (TPSA) is 29.1 Å². The second-order valence-electron chi connectivity index (χ2n) is 4.77. The zero-order valence-electron chi connectivity index (χ0n) is 11.7. The van der Waals surface area contributed by atoms with Crippen LogP contribution in [-0.4, -0.2) is 5.91 Å². The number of hydrogen-bond donors (Lipinski definition) is 1. The third kappa shape index (κ3) is 3.48. The van der Waals surface area contributed by atoms with E-state index >= 15 is 0 Å². The van der Waals surface area contributed by atoms with Crippen molar-refractivity contribution < 1.29 is 4.79 Å². The molecular weight excluding hydrogens is 314 g/mol. The van der Waals surface area contributed by atoms with Gasteiger partial charge in [0, 0.05) is 4.47 Å². The van der Waals surface area contributed by atoms with Crippen molar-refractivity contribution >= 4 is 21.8 Å². The molecule has 20 heavy (non-hydrogen) atoms. The van der Waals surface area contributed by atoms with Crippen molar-refractivity contribution in [1.29, 1.82) is 0 Å². The van der Waals surface area contributed by atoms with Crippen LogP contribution in [0.4, 0.5) is 0 Å². The summed E-state index contributed by atoms with van der Waals surface area (Å²) in [6.07, 6.45) is 1.03. The third-order valence-electron chi connectivity index (χ3n) is 3.35. The molecule has 0 bridgehead atoms. The fourth-order valence-corrected chi connectivity index (χ4v) is 2.51. The van der Waals surface area contributed by atoms with E-state index in [0.29, 0.717) is 5.56 Å². The van der Waals surface area contributed by atoms with Gasteiger partial charge in [0.15, 0.2) is 0 Å². The summed E-state index contributed by atoms with van der Waals surface area (Å²) in [6.45, 7) is 4.13. The highest BCUT2D eigenvalue weighted by atomic mass is 79.9. The maximum Gasteiger partial charge on any atom is 0.252 e. The second kappa shape index (κ2) is 6.71. The van der Waals surface area contributed by atoms with Gasteiger partial charge in [0.25, 0.3) is 5.91 Å². The lowest BCUT2D eigenvalue weighted by Gasteiger charge is -2.15. The predicted molar refractivity (Wildman–Crippen MR) is 85.8 cm³/mol. The first kappa shape index (κ1) is 14.8. The fraction of sp³-hybridized carbons (Fsp3) is 0.235. The molecule has 0 heterocycles. The van der Waals surface area contributed by atoms with Crippen molar-refractivity contribution in [2.75, 3.05) is 0 Å². The molecule has 0 spiro atoms. The summed E-state index contributed by atoms with van der Waals surface area (Å²) in [5.74, 6) is -0.0652. The van der Waals surface area contributed by atoms with Gasteiger partial charge in [0.1, 0.15) is 0 Å². The Morgan fingerprint density at radius 3 is 2.40 bits per heavy atom. The summed E-state index contributed by atoms with van der Waals surface area (Å²) in [6, 6.07) is 15.8. The number of rotatable bonds is 4. The average Bonchev–Trinajstić information content (AvgIpc) is 2.47. The Bertz CT molecular complexity index is 592. The first-order valence-corrected chi connectivity index (χ1v) is 7.55. The van der Waals surface area contributed by atoms with Crippen LogP contribution in [0.15, 0.2) is 53.0 Å². The van der Waals surface area contributed by atoms with E-state index in [1.807, 2.05) is 31.2 Å². The van der Waals surface area contributed by atoms with Gasteiger partial charge in [-0.2, -0.15) is 0 Å². The summed E-state index contributed by atoms with van der Waals surface area (Å²) in [7, 11) is 0. The number of carbonyl (C=O) groups is 1. The van der Waals surface area contributed by atoms with E-state index in [2.05, 4.69) is 52.4 Å². The molecular formula is C17H18BrNO. The number of hydrogen-bond acceptors (Lipinski definition) is 1. The molecule has 1 atom stereocenters. The molecule has 0 saturated heterocycles. The summed E-state index contributed by atoms with van der Waals surface area (Å²) in [5, 5.41) is 3.02. The van der Waals surface area contributed by atoms with E-state index in [-0.39, 0.29) is 11.9 Å². The van der Waals surface area contributed by atoms with E-state index in [1.165, 1.54) is 5.56 Å². The number of aryl methyl sites for hydroxylation is 1. The number of amides is 1. The van der Waals surface area contributed by atoms with Crippen LogP contribution in [0.5, 0.6) is 0 Å². The predicted octanol–water partition coefficient (Wildman–Crippen LogP) is 4.50. The van der Waals surface area contributed by atoms with Crippen LogP contribution in [0.1, 0.15) is 41.4 Å². The first-order valence-electron chi connectivity index (χ1n) is 6.76. The number of carbonyl (C=O) groups excluding carboxylic acids is 1. The van der Waals surface area contributed by atoms with Crippen LogP contribution in [0.3, 0.4) is 0 Å². The molecule has 0 aliphatic heterocycles. The summed E-state index contributed by atoms with van der Waals surface area (Å²) >= 11 is 3.40. The quantitative estimate of drug-likeness (QED) is 0.877. The highest BCUT2D eigenvalue weighted by molar-refractivity contribution is 9.10. The maximum absolute atomic E-state index is 12.2. The van der Waals surface area contributed by atoms with Crippen LogP contribution in [0.25, 0.3) is 0 Å². The van der Waals surface area contributed by atoms with E-state index in [0.717, 1.165) is 16.5 Å². The normalized spacial score (nSPS) is 11.9. The molecule has 104 valence electrons. The molecule has 0 aliphatic rings. The van der Waals surface area contributed by atoms with Crippen molar-refractivity contribution in [3.05, 3.63) is 69.7 Å². The Hall–Kier alpha value is -1.61. The van der Waals surface area contributed by atoms with Gasteiger partial charge in [-0.3, -0.25) is 4.79 Å². The zero-order valence-corrected chi connectivity index (χ0v) is 13.3. The standard InChI is InChI=1S/C17H18BrNO/c1-3-13-8-10-14(11-9-13)12(2)19-17(20)15-6-4-5-7-16(15)18/h4-12H,3H2,1-2H3,(H,19,20)/t12-/m1/s1. The maximum atomic E-state index is 12.2. The lowest BCUT2D eigenvalue weighted by Crippen LogP contribution is -2.26. The van der Waals surface area contributed by atoms with Gasteiger partial charge in [-0.1, -0.05) is 43.3 Å². The monoisotopic (exact) mass is 331 g/mol. The molecule has 0 fully saturated rings. The highest BCUT2D eigenvalue weighted by Crippen LogP contribution is 2.18. The van der Waals surface area contributed by atoms with Gasteiger partial charge in [0.2, 0.25) is 0 Å². The molecule has 0 aliphatic carbocycles. The second-order valence-corrected chi connectivity index (χ2v) is 5.62. The lowest BCUT2D eigenvalue weighted by molar-refractivity contribution is 0.0939. The lowest BCUT2D eigenvalue weighted by atomic mass is 10.0. The molecule has 0 aromatic heterocycles. The molecule has 0 unspecified atom stereocenters. The molecule has 2 nitrogen and oxygen atoms in total. The first-order chi connectivity index (χ1) is 9.61. The summed E-state index contributed by atoms with van der Waals surface area (Å²) in [5.41, 5.74) is 3.07. The minimum atomic E-state index is -0.0652. The smallest absolute Gasteiger partial charge is 0.252 e. The molecule has 0 saturated carbocycles. The third-order valence-corrected chi connectivity index (χ3v) is 4.05.